The molecule has 0 saturated carbocycles. The molecule has 0 atom stereocenters. The summed E-state index contributed by atoms with van der Waals surface area (Å²) in [7, 11) is 0. The average Bonchev–Trinajstić information content (AvgIpc) is 3.60. The largest absolute Gasteiger partial charge is 2.00 e. The quantitative estimate of drug-likeness (QED) is 0.153. The van der Waals surface area contributed by atoms with Gasteiger partial charge < -0.3 is 13.9 Å². The van der Waals surface area contributed by atoms with Crippen LogP contribution in [0, 0.1) is 39.8 Å². The number of para-hydroxylation sites is 1. The summed E-state index contributed by atoms with van der Waals surface area (Å²) in [6, 6.07) is 31.5. The van der Waals surface area contributed by atoms with Crippen molar-refractivity contribution >= 4 is 0 Å². The van der Waals surface area contributed by atoms with Crippen LogP contribution in [0.2, 0.25) is 0 Å². The fraction of sp³-hybridized carbons (Fsp3) is 0.189. The Labute approximate surface area is 268 Å². The first kappa shape index (κ1) is 30.3. The van der Waals surface area contributed by atoms with E-state index in [9.17, 15) is 0 Å². The molecule has 0 aliphatic rings. The second-order valence-corrected chi connectivity index (χ2v) is 11.1. The van der Waals surface area contributed by atoms with Crippen LogP contribution in [0.1, 0.15) is 47.8 Å². The van der Waals surface area contributed by atoms with Crippen LogP contribution in [0.15, 0.2) is 91.4 Å². The van der Waals surface area contributed by atoms with E-state index in [0.29, 0.717) is 17.4 Å². The Morgan fingerprint density at radius 2 is 1.42 bits per heavy atom. The molecule has 0 saturated heterocycles. The van der Waals surface area contributed by atoms with Crippen LogP contribution in [0.25, 0.3) is 34.0 Å². The molecule has 0 radical (unpaired) electrons. The smallest absolute Gasteiger partial charge is 0.497 e. The molecule has 5 nitrogen and oxygen atoms in total. The van der Waals surface area contributed by atoms with E-state index < -0.39 is 0 Å². The Morgan fingerprint density at radius 1 is 0.767 bits per heavy atom. The molecule has 0 aliphatic heterocycles. The monoisotopic (exact) mass is 745 g/mol. The van der Waals surface area contributed by atoms with Gasteiger partial charge in [0.2, 0.25) is 0 Å². The van der Waals surface area contributed by atoms with E-state index in [0.717, 1.165) is 39.8 Å². The van der Waals surface area contributed by atoms with Gasteiger partial charge in [-0.25, -0.2) is 0 Å². The number of nitrogens with zero attached hydrogens (tertiary/aromatic N) is 4. The summed E-state index contributed by atoms with van der Waals surface area (Å²) in [6.45, 7) is 12.9. The Kier molecular flexibility index (Phi) is 8.84. The van der Waals surface area contributed by atoms with E-state index in [2.05, 4.69) is 103 Å². The predicted octanol–water partition coefficient (Wildman–Crippen LogP) is 9.14. The van der Waals surface area contributed by atoms with Crippen LogP contribution >= 0.6 is 0 Å². The first-order valence-corrected chi connectivity index (χ1v) is 14.3. The van der Waals surface area contributed by atoms with Crippen molar-refractivity contribution in [3.8, 4) is 45.5 Å². The Morgan fingerprint density at radius 3 is 2.12 bits per heavy atom. The minimum absolute atomic E-state index is 0. The van der Waals surface area contributed by atoms with Gasteiger partial charge in [-0.1, -0.05) is 61.9 Å². The molecule has 0 fully saturated rings. The Hall–Kier alpha value is -4.21. The van der Waals surface area contributed by atoms with Gasteiger partial charge in [-0.2, -0.15) is 0 Å². The maximum absolute atomic E-state index is 6.28. The van der Waals surface area contributed by atoms with Crippen LogP contribution in [0.3, 0.4) is 0 Å². The third-order valence-corrected chi connectivity index (χ3v) is 7.49. The van der Waals surface area contributed by atoms with Crippen LogP contribution in [-0.2, 0) is 21.1 Å². The summed E-state index contributed by atoms with van der Waals surface area (Å²) in [6.07, 6.45) is 5.90. The van der Waals surface area contributed by atoms with Crippen LogP contribution in [-0.4, -0.2) is 19.1 Å². The standard InChI is InChI=1S/C37H34N4O.Pt/c1-24(2)33-15-7-8-16-35(33)41-23-34(39-28(41)6)29-11-9-13-31(21-29)42-32-14-10-12-30(22-32)37-38-17-18-40(37)36-26(4)19-25(3)20-27(36)5;/h7-20,23-24H,1-6H3;/q-2;+2. The maximum atomic E-state index is 6.28. The fourth-order valence-corrected chi connectivity index (χ4v) is 5.69. The third kappa shape index (κ3) is 6.14. The van der Waals surface area contributed by atoms with Gasteiger partial charge in [0.05, 0.1) is 11.6 Å². The van der Waals surface area contributed by atoms with Crippen molar-refractivity contribution in [1.29, 1.82) is 0 Å². The Balaban J connectivity index is 0.00000368. The van der Waals surface area contributed by atoms with Crippen molar-refractivity contribution in [3.05, 3.63) is 132 Å². The van der Waals surface area contributed by atoms with E-state index in [1.807, 2.05) is 55.7 Å². The number of hydrogen-bond donors (Lipinski definition) is 0. The van der Waals surface area contributed by atoms with Gasteiger partial charge in [0, 0.05) is 41.0 Å². The Bertz CT molecular complexity index is 1880. The van der Waals surface area contributed by atoms with Gasteiger partial charge in [-0.15, -0.1) is 47.5 Å². The normalized spacial score (nSPS) is 11.0. The zero-order valence-electron chi connectivity index (χ0n) is 25.3. The summed E-state index contributed by atoms with van der Waals surface area (Å²) in [5, 5.41) is 0. The first-order valence-electron chi connectivity index (χ1n) is 14.3. The molecule has 0 unspecified atom stereocenters. The van der Waals surface area contributed by atoms with Crippen molar-refractivity contribution in [2.75, 3.05) is 0 Å². The molecule has 2 heterocycles. The molecule has 6 aromatic rings. The van der Waals surface area contributed by atoms with E-state index in [1.165, 1.54) is 22.3 Å². The summed E-state index contributed by atoms with van der Waals surface area (Å²) in [4.78, 5) is 9.55. The van der Waals surface area contributed by atoms with E-state index in [-0.39, 0.29) is 21.1 Å². The van der Waals surface area contributed by atoms with Gasteiger partial charge in [-0.3, -0.25) is 9.97 Å². The maximum Gasteiger partial charge on any atom is 2.00 e. The third-order valence-electron chi connectivity index (χ3n) is 7.49. The second kappa shape index (κ2) is 12.6. The molecular formula is C37H34N4OPt. The van der Waals surface area contributed by atoms with Crippen molar-refractivity contribution < 1.29 is 25.8 Å². The van der Waals surface area contributed by atoms with E-state index in [1.54, 1.807) is 0 Å². The molecule has 0 bridgehead atoms. The summed E-state index contributed by atoms with van der Waals surface area (Å²) >= 11 is 0. The van der Waals surface area contributed by atoms with Crippen molar-refractivity contribution in [1.82, 2.24) is 19.1 Å². The van der Waals surface area contributed by atoms with Crippen molar-refractivity contribution in [3.63, 3.8) is 0 Å². The number of ether oxygens (including phenoxy) is 1. The molecule has 0 N–H and O–H groups in total. The molecule has 43 heavy (non-hydrogen) atoms. The zero-order valence-corrected chi connectivity index (χ0v) is 27.5. The summed E-state index contributed by atoms with van der Waals surface area (Å²) < 4.78 is 10.6. The molecule has 218 valence electrons. The molecule has 0 amide bonds. The summed E-state index contributed by atoms with van der Waals surface area (Å²) in [5.74, 6) is 3.35. The fourth-order valence-electron chi connectivity index (χ4n) is 5.69. The van der Waals surface area contributed by atoms with Crippen molar-refractivity contribution in [2.45, 2.75) is 47.5 Å². The molecule has 4 aromatic carbocycles. The minimum atomic E-state index is 0. The van der Waals surface area contributed by atoms with Gasteiger partial charge in [0.1, 0.15) is 0 Å². The van der Waals surface area contributed by atoms with E-state index >= 15 is 0 Å². The number of rotatable bonds is 7. The van der Waals surface area contributed by atoms with Crippen LogP contribution in [0.4, 0.5) is 0 Å². The van der Waals surface area contributed by atoms with Crippen LogP contribution < -0.4 is 4.74 Å². The molecule has 6 heteroatoms. The van der Waals surface area contributed by atoms with Gasteiger partial charge >= 0.3 is 21.1 Å². The predicted molar refractivity (Wildman–Crippen MR) is 169 cm³/mol. The second-order valence-electron chi connectivity index (χ2n) is 11.1. The zero-order chi connectivity index (χ0) is 29.4. The number of imidazole rings is 2. The number of aromatic nitrogens is 4. The number of aryl methyl sites for hydroxylation is 4. The molecule has 0 aliphatic carbocycles. The molecule has 6 rings (SSSR count). The van der Waals surface area contributed by atoms with Crippen molar-refractivity contribution in [2.24, 2.45) is 0 Å². The number of hydrogen-bond acceptors (Lipinski definition) is 3. The summed E-state index contributed by atoms with van der Waals surface area (Å²) in [5.41, 5.74) is 9.80. The molecule has 0 spiro atoms. The average molecular weight is 746 g/mol. The molecular weight excluding hydrogens is 712 g/mol. The van der Waals surface area contributed by atoms with E-state index in [4.69, 9.17) is 9.72 Å². The van der Waals surface area contributed by atoms with Gasteiger partial charge in [0.15, 0.2) is 0 Å². The van der Waals surface area contributed by atoms with Gasteiger partial charge in [-0.05, 0) is 62.6 Å². The van der Waals surface area contributed by atoms with Gasteiger partial charge in [0.25, 0.3) is 0 Å². The van der Waals surface area contributed by atoms with Crippen LogP contribution in [0.5, 0.6) is 11.5 Å². The topological polar surface area (TPSA) is 44.9 Å². The SMILES string of the molecule is Cc1cc(C)c(-n2ccnc2-c2[c-]c(Oc3[c-]c(-c4cn(-c5ccccc5C(C)C)c(C)n4)ccc3)ccc2)c(C)c1.[Pt+2]. The first-order chi connectivity index (χ1) is 20.3. The molecule has 2 aromatic heterocycles. The number of benzene rings is 4. The minimum Gasteiger partial charge on any atom is -0.497 e.